The van der Waals surface area contributed by atoms with Gasteiger partial charge in [-0.2, -0.15) is 10.1 Å². The number of allylic oxidation sites excluding steroid dienone is 6. The average molecular weight is 454 g/mol. The molecule has 0 aliphatic carbocycles. The Morgan fingerprint density at radius 2 is 1.82 bits per heavy atom. The van der Waals surface area contributed by atoms with E-state index in [4.69, 9.17) is 0 Å². The molecule has 1 aliphatic rings. The quantitative estimate of drug-likeness (QED) is 0.234. The first kappa shape index (κ1) is 25.0. The molecular weight excluding hydrogens is 418 g/mol. The molecule has 2 amide bonds. The lowest BCUT2D eigenvalue weighted by Crippen LogP contribution is -2.48. The van der Waals surface area contributed by atoms with Gasteiger partial charge in [-0.3, -0.25) is 0 Å². The highest BCUT2D eigenvalue weighted by Gasteiger charge is 2.29. The summed E-state index contributed by atoms with van der Waals surface area (Å²) in [5.41, 5.74) is 5.44. The topological polar surface area (TPSA) is 35.9 Å². The van der Waals surface area contributed by atoms with Crippen molar-refractivity contribution in [2.75, 3.05) is 6.54 Å². The van der Waals surface area contributed by atoms with Crippen LogP contribution in [0, 0.1) is 0 Å². The van der Waals surface area contributed by atoms with E-state index in [2.05, 4.69) is 60.9 Å². The van der Waals surface area contributed by atoms with Crippen LogP contribution in [0.1, 0.15) is 49.8 Å². The molecule has 34 heavy (non-hydrogen) atoms. The Kier molecular flexibility index (Phi) is 9.21. The Morgan fingerprint density at radius 3 is 2.47 bits per heavy atom. The molecule has 1 unspecified atom stereocenters. The van der Waals surface area contributed by atoms with Crippen molar-refractivity contribution in [2.45, 2.75) is 45.6 Å². The van der Waals surface area contributed by atoms with Crippen molar-refractivity contribution >= 4 is 23.9 Å². The second kappa shape index (κ2) is 12.5. The summed E-state index contributed by atoms with van der Waals surface area (Å²) < 4.78 is 0. The lowest BCUT2D eigenvalue weighted by atomic mass is 9.96. The maximum atomic E-state index is 13.4. The van der Waals surface area contributed by atoms with Gasteiger partial charge in [-0.05, 0) is 67.4 Å². The summed E-state index contributed by atoms with van der Waals surface area (Å²) in [6.07, 6.45) is 13.6. The summed E-state index contributed by atoms with van der Waals surface area (Å²) in [6.45, 7) is 12.2. The highest BCUT2D eigenvalue weighted by atomic mass is 16.2. The number of carbonyl (C=O) groups is 1. The van der Waals surface area contributed by atoms with Gasteiger partial charge in [-0.15, -0.1) is 0 Å². The van der Waals surface area contributed by atoms with Gasteiger partial charge in [0.25, 0.3) is 0 Å². The van der Waals surface area contributed by atoms with Gasteiger partial charge >= 0.3 is 6.03 Å². The minimum Gasteiger partial charge on any atom is -0.320 e. The molecule has 176 valence electrons. The van der Waals surface area contributed by atoms with Crippen LogP contribution in [0.4, 0.5) is 4.79 Å². The minimum absolute atomic E-state index is 0.115. The van der Waals surface area contributed by atoms with Crippen molar-refractivity contribution in [3.63, 3.8) is 0 Å². The number of urea groups is 1. The molecule has 4 nitrogen and oxygen atoms in total. The Balaban J connectivity index is 1.77. The predicted molar refractivity (Wildman–Crippen MR) is 144 cm³/mol. The van der Waals surface area contributed by atoms with Crippen LogP contribution >= 0.6 is 0 Å². The van der Waals surface area contributed by atoms with Crippen molar-refractivity contribution in [3.05, 3.63) is 108 Å². The van der Waals surface area contributed by atoms with Crippen LogP contribution < -0.4 is 0 Å². The summed E-state index contributed by atoms with van der Waals surface area (Å²) >= 11 is 0. The monoisotopic (exact) mass is 453 g/mol. The SMILES string of the molecule is C=C/C=C(\C=C/C)c1ccc(/C(C)=C/N(N=C)C(=O)N2CCCCC2Cc2ccccc2)cc1. The number of likely N-dealkylation sites (tertiary alicyclic amines) is 1. The number of hydrogen-bond donors (Lipinski definition) is 0. The summed E-state index contributed by atoms with van der Waals surface area (Å²) in [5.74, 6) is 0. The first-order chi connectivity index (χ1) is 16.6. The smallest absolute Gasteiger partial charge is 0.320 e. The summed E-state index contributed by atoms with van der Waals surface area (Å²) in [5, 5.41) is 5.44. The Morgan fingerprint density at radius 1 is 1.12 bits per heavy atom. The van der Waals surface area contributed by atoms with E-state index < -0.39 is 0 Å². The van der Waals surface area contributed by atoms with Crippen LogP contribution in [0.5, 0.6) is 0 Å². The first-order valence-corrected chi connectivity index (χ1v) is 11.9. The maximum absolute atomic E-state index is 13.4. The standard InChI is InChI=1S/C30H35N3O/c1-5-12-27(13-6-2)28-19-17-26(18-20-28)24(3)23-33(31-4)30(34)32-21-11-10-16-29(32)22-25-14-8-7-9-15-25/h5-9,12-15,17-20,23,29H,1,4,10-11,16,21-22H2,2-3H3/b13-6-,24-23+,27-12+. The number of hydrogen-bond acceptors (Lipinski definition) is 2. The summed E-state index contributed by atoms with van der Waals surface area (Å²) in [4.78, 5) is 15.4. The van der Waals surface area contributed by atoms with Gasteiger partial charge < -0.3 is 4.90 Å². The molecule has 2 aromatic rings. The van der Waals surface area contributed by atoms with Crippen LogP contribution in [0.15, 0.2) is 96.8 Å². The largest absolute Gasteiger partial charge is 0.344 e. The van der Waals surface area contributed by atoms with E-state index >= 15 is 0 Å². The molecule has 4 heteroatoms. The molecule has 0 aromatic heterocycles. The van der Waals surface area contributed by atoms with E-state index in [1.54, 1.807) is 12.3 Å². The molecule has 1 atom stereocenters. The van der Waals surface area contributed by atoms with E-state index in [1.807, 2.05) is 49.1 Å². The fourth-order valence-corrected chi connectivity index (χ4v) is 4.38. The van der Waals surface area contributed by atoms with Crippen LogP contribution in [0.3, 0.4) is 0 Å². The van der Waals surface area contributed by atoms with Crippen molar-refractivity contribution in [3.8, 4) is 0 Å². The second-order valence-electron chi connectivity index (χ2n) is 8.55. The molecule has 0 N–H and O–H groups in total. The summed E-state index contributed by atoms with van der Waals surface area (Å²) in [7, 11) is 0. The second-order valence-corrected chi connectivity index (χ2v) is 8.55. The molecule has 0 saturated carbocycles. The van der Waals surface area contributed by atoms with Crippen molar-refractivity contribution in [1.82, 2.24) is 9.91 Å². The van der Waals surface area contributed by atoms with E-state index in [-0.39, 0.29) is 12.1 Å². The highest BCUT2D eigenvalue weighted by Crippen LogP contribution is 2.24. The third kappa shape index (κ3) is 6.44. The Labute approximate surface area is 204 Å². The zero-order valence-corrected chi connectivity index (χ0v) is 20.4. The van der Waals surface area contributed by atoms with Gasteiger partial charge in [0, 0.05) is 25.5 Å². The van der Waals surface area contributed by atoms with E-state index in [1.165, 1.54) is 10.6 Å². The molecule has 0 radical (unpaired) electrons. The molecule has 1 fully saturated rings. The van der Waals surface area contributed by atoms with E-state index in [9.17, 15) is 4.79 Å². The van der Waals surface area contributed by atoms with Crippen LogP contribution in [-0.4, -0.2) is 35.2 Å². The van der Waals surface area contributed by atoms with Crippen molar-refractivity contribution in [2.24, 2.45) is 5.10 Å². The number of piperidine rings is 1. The number of nitrogens with zero attached hydrogens (tertiary/aromatic N) is 3. The van der Waals surface area contributed by atoms with Crippen LogP contribution in [-0.2, 0) is 6.42 Å². The first-order valence-electron chi connectivity index (χ1n) is 11.9. The van der Waals surface area contributed by atoms with Crippen molar-refractivity contribution < 1.29 is 4.79 Å². The molecule has 0 bridgehead atoms. The number of carbonyl (C=O) groups excluding carboxylic acids is 1. The van der Waals surface area contributed by atoms with Gasteiger partial charge in [0.05, 0.1) is 0 Å². The number of amides is 2. The fourth-order valence-electron chi connectivity index (χ4n) is 4.38. The van der Waals surface area contributed by atoms with E-state index in [0.29, 0.717) is 0 Å². The predicted octanol–water partition coefficient (Wildman–Crippen LogP) is 7.33. The highest BCUT2D eigenvalue weighted by molar-refractivity contribution is 5.79. The third-order valence-corrected chi connectivity index (χ3v) is 6.17. The molecule has 2 aromatic carbocycles. The van der Waals surface area contributed by atoms with Crippen LogP contribution in [0.2, 0.25) is 0 Å². The normalized spacial score (nSPS) is 17.0. The zero-order chi connectivity index (χ0) is 24.3. The fraction of sp³-hybridized carbons (Fsp3) is 0.267. The molecule has 0 spiro atoms. The van der Waals surface area contributed by atoms with Gasteiger partial charge in [0.1, 0.15) is 0 Å². The Bertz CT molecular complexity index is 1060. The number of rotatable bonds is 8. The minimum atomic E-state index is -0.115. The van der Waals surface area contributed by atoms with Crippen LogP contribution in [0.25, 0.3) is 11.1 Å². The third-order valence-electron chi connectivity index (χ3n) is 6.17. The summed E-state index contributed by atoms with van der Waals surface area (Å²) in [6, 6.07) is 18.7. The molecule has 1 heterocycles. The van der Waals surface area contributed by atoms with Crippen molar-refractivity contribution in [1.29, 1.82) is 0 Å². The molecule has 1 saturated heterocycles. The zero-order valence-electron chi connectivity index (χ0n) is 20.4. The molecular formula is C30H35N3O. The van der Waals surface area contributed by atoms with E-state index in [0.717, 1.165) is 54.5 Å². The van der Waals surface area contributed by atoms with Gasteiger partial charge in [0.2, 0.25) is 0 Å². The molecule has 1 aliphatic heterocycles. The lowest BCUT2D eigenvalue weighted by molar-refractivity contribution is 0.128. The van der Waals surface area contributed by atoms with Gasteiger partial charge in [-0.25, -0.2) is 4.79 Å². The van der Waals surface area contributed by atoms with Gasteiger partial charge in [-0.1, -0.05) is 85.5 Å². The Hall–Kier alpha value is -3.66. The lowest BCUT2D eigenvalue weighted by Gasteiger charge is -2.37. The average Bonchev–Trinajstić information content (AvgIpc) is 2.87. The molecule has 3 rings (SSSR count). The number of hydrazone groups is 1. The van der Waals surface area contributed by atoms with Gasteiger partial charge in [0.15, 0.2) is 0 Å². The number of benzene rings is 2. The maximum Gasteiger partial charge on any atom is 0.344 e.